The van der Waals surface area contributed by atoms with Crippen molar-refractivity contribution in [2.75, 3.05) is 14.1 Å². The minimum atomic E-state index is -0.296. The van der Waals surface area contributed by atoms with Crippen molar-refractivity contribution in [2.45, 2.75) is 6.61 Å². The zero-order valence-electron chi connectivity index (χ0n) is 12.9. The molecule has 2 aromatic rings. The van der Waals surface area contributed by atoms with Gasteiger partial charge >= 0.3 is 0 Å². The molecule has 0 saturated heterocycles. The fourth-order valence-electron chi connectivity index (χ4n) is 1.77. The Hall–Kier alpha value is -2.53. The average molecular weight is 333 g/mol. The highest BCUT2D eigenvalue weighted by Crippen LogP contribution is 2.24. The Bertz CT molecular complexity index is 712. The van der Waals surface area contributed by atoms with E-state index in [0.29, 0.717) is 10.9 Å². The molecule has 0 aliphatic carbocycles. The molecule has 5 nitrogen and oxygen atoms in total. The van der Waals surface area contributed by atoms with E-state index in [1.807, 2.05) is 20.2 Å². The Morgan fingerprint density at radius 3 is 2.78 bits per heavy atom. The van der Waals surface area contributed by atoms with Crippen LogP contribution in [0.3, 0.4) is 0 Å². The summed E-state index contributed by atoms with van der Waals surface area (Å²) in [6.45, 7) is 0.288. The average Bonchev–Trinajstić information content (AvgIpc) is 2.53. The van der Waals surface area contributed by atoms with Gasteiger partial charge in [0.25, 0.3) is 0 Å². The molecule has 0 aliphatic heterocycles. The number of phenolic OH excluding ortho intramolecular Hbond substituents is 1. The van der Waals surface area contributed by atoms with Crippen molar-refractivity contribution < 1.29 is 14.6 Å². The molecule has 0 aliphatic rings. The Morgan fingerprint density at radius 2 is 2.13 bits per heavy atom. The van der Waals surface area contributed by atoms with Crippen LogP contribution >= 0.6 is 11.6 Å². The summed E-state index contributed by atoms with van der Waals surface area (Å²) in [4.78, 5) is 17.8. The number of aromatic nitrogens is 1. The van der Waals surface area contributed by atoms with Crippen LogP contribution in [0.4, 0.5) is 0 Å². The Labute approximate surface area is 139 Å². The summed E-state index contributed by atoms with van der Waals surface area (Å²) in [7, 11) is 3.62. The van der Waals surface area contributed by atoms with Crippen molar-refractivity contribution in [3.8, 4) is 11.5 Å². The molecule has 1 N–H and O–H groups in total. The van der Waals surface area contributed by atoms with Crippen molar-refractivity contribution in [3.05, 3.63) is 65.1 Å². The molecule has 1 aromatic carbocycles. The van der Waals surface area contributed by atoms with Crippen LogP contribution in [0.25, 0.3) is 0 Å². The number of allylic oxidation sites excluding steroid dienone is 1. The first-order valence-corrected chi connectivity index (χ1v) is 7.28. The van der Waals surface area contributed by atoms with Crippen LogP contribution in [0.1, 0.15) is 15.9 Å². The number of phenols is 1. The van der Waals surface area contributed by atoms with E-state index >= 15 is 0 Å². The first-order chi connectivity index (χ1) is 11.0. The second kappa shape index (κ2) is 7.65. The number of ether oxygens (including phenoxy) is 1. The number of carbonyl (C=O) groups excluding carboxylic acids is 1. The minimum absolute atomic E-state index is 0.0843. The summed E-state index contributed by atoms with van der Waals surface area (Å²) >= 11 is 5.73. The number of rotatable bonds is 6. The highest BCUT2D eigenvalue weighted by Gasteiger charge is 2.10. The first kappa shape index (κ1) is 16.8. The molecular weight excluding hydrogens is 316 g/mol. The third kappa shape index (κ3) is 5.00. The minimum Gasteiger partial charge on any atom is -0.507 e. The quantitative estimate of drug-likeness (QED) is 0.499. The summed E-state index contributed by atoms with van der Waals surface area (Å²) in [5.74, 6) is 0.105. The molecular formula is C17H17ClN2O3. The van der Waals surface area contributed by atoms with E-state index in [1.54, 1.807) is 29.4 Å². The number of aromatic hydroxyl groups is 1. The predicted octanol–water partition coefficient (Wildman–Crippen LogP) is 3.28. The highest BCUT2D eigenvalue weighted by atomic mass is 35.5. The van der Waals surface area contributed by atoms with Gasteiger partial charge in [0.05, 0.1) is 5.56 Å². The van der Waals surface area contributed by atoms with Gasteiger partial charge in [0.15, 0.2) is 5.78 Å². The summed E-state index contributed by atoms with van der Waals surface area (Å²) in [5.41, 5.74) is 1.04. The fraction of sp³-hybridized carbons (Fsp3) is 0.176. The lowest BCUT2D eigenvalue weighted by atomic mass is 10.1. The van der Waals surface area contributed by atoms with Crippen LogP contribution in [-0.4, -0.2) is 34.9 Å². The molecule has 0 atom stereocenters. The van der Waals surface area contributed by atoms with E-state index in [2.05, 4.69) is 4.98 Å². The van der Waals surface area contributed by atoms with E-state index in [4.69, 9.17) is 16.3 Å². The van der Waals surface area contributed by atoms with Crippen molar-refractivity contribution >= 4 is 17.4 Å². The van der Waals surface area contributed by atoms with E-state index in [1.165, 1.54) is 18.2 Å². The van der Waals surface area contributed by atoms with Gasteiger partial charge in [0, 0.05) is 38.1 Å². The Balaban J connectivity index is 2.10. The number of ketones is 1. The number of hydrogen-bond donors (Lipinski definition) is 1. The molecule has 120 valence electrons. The molecule has 2 rings (SSSR count). The monoisotopic (exact) mass is 332 g/mol. The lowest BCUT2D eigenvalue weighted by molar-refractivity contribution is 0.104. The normalized spacial score (nSPS) is 10.7. The molecule has 0 saturated carbocycles. The zero-order chi connectivity index (χ0) is 16.8. The maximum Gasteiger partial charge on any atom is 0.191 e. The van der Waals surface area contributed by atoms with Gasteiger partial charge in [-0.1, -0.05) is 17.7 Å². The summed E-state index contributed by atoms with van der Waals surface area (Å²) in [6.07, 6.45) is 4.63. The molecule has 0 fully saturated rings. The van der Waals surface area contributed by atoms with Gasteiger partial charge in [-0.15, -0.1) is 0 Å². The molecule has 6 heteroatoms. The van der Waals surface area contributed by atoms with Crippen molar-refractivity contribution in [2.24, 2.45) is 0 Å². The lowest BCUT2D eigenvalue weighted by Gasteiger charge is -2.09. The number of hydrogen-bond acceptors (Lipinski definition) is 5. The molecule has 23 heavy (non-hydrogen) atoms. The van der Waals surface area contributed by atoms with Crippen LogP contribution in [0.15, 0.2) is 48.8 Å². The topological polar surface area (TPSA) is 62.7 Å². The number of benzene rings is 1. The van der Waals surface area contributed by atoms with Crippen molar-refractivity contribution in [1.82, 2.24) is 9.88 Å². The molecule has 0 unspecified atom stereocenters. The zero-order valence-corrected chi connectivity index (χ0v) is 13.6. The number of carbonyl (C=O) groups is 1. The molecule has 1 heterocycles. The number of halogens is 1. The molecule has 0 spiro atoms. The van der Waals surface area contributed by atoms with Gasteiger partial charge in [-0.25, -0.2) is 4.98 Å². The summed E-state index contributed by atoms with van der Waals surface area (Å²) in [5, 5.41) is 10.3. The van der Waals surface area contributed by atoms with Crippen LogP contribution in [0.5, 0.6) is 11.5 Å². The second-order valence-electron chi connectivity index (χ2n) is 5.10. The van der Waals surface area contributed by atoms with E-state index in [0.717, 1.165) is 5.56 Å². The van der Waals surface area contributed by atoms with Gasteiger partial charge in [0.1, 0.15) is 23.3 Å². The SMILES string of the molecule is CN(C)C=CC(=O)c1cc(OCc2ccc(Cl)nc2)ccc1O. The second-order valence-corrected chi connectivity index (χ2v) is 5.49. The first-order valence-electron chi connectivity index (χ1n) is 6.91. The van der Waals surface area contributed by atoms with E-state index in [9.17, 15) is 9.90 Å². The van der Waals surface area contributed by atoms with Gasteiger partial charge < -0.3 is 14.7 Å². The van der Waals surface area contributed by atoms with Gasteiger partial charge in [-0.05, 0) is 24.3 Å². The fourth-order valence-corrected chi connectivity index (χ4v) is 1.88. The maximum absolute atomic E-state index is 12.1. The van der Waals surface area contributed by atoms with E-state index in [-0.39, 0.29) is 23.7 Å². The smallest absolute Gasteiger partial charge is 0.191 e. The highest BCUT2D eigenvalue weighted by molar-refractivity contribution is 6.29. The third-order valence-corrected chi connectivity index (χ3v) is 3.18. The van der Waals surface area contributed by atoms with Crippen LogP contribution in [0, 0.1) is 0 Å². The largest absolute Gasteiger partial charge is 0.507 e. The van der Waals surface area contributed by atoms with Crippen LogP contribution in [-0.2, 0) is 6.61 Å². The van der Waals surface area contributed by atoms with Gasteiger partial charge in [0.2, 0.25) is 0 Å². The van der Waals surface area contributed by atoms with Crippen molar-refractivity contribution in [1.29, 1.82) is 0 Å². The molecule has 0 bridgehead atoms. The molecule has 0 radical (unpaired) electrons. The Morgan fingerprint density at radius 1 is 1.35 bits per heavy atom. The van der Waals surface area contributed by atoms with Crippen LogP contribution in [0.2, 0.25) is 5.15 Å². The number of pyridine rings is 1. The lowest BCUT2D eigenvalue weighted by Crippen LogP contribution is -2.04. The summed E-state index contributed by atoms with van der Waals surface area (Å²) < 4.78 is 5.62. The van der Waals surface area contributed by atoms with Gasteiger partial charge in [-0.2, -0.15) is 0 Å². The van der Waals surface area contributed by atoms with Gasteiger partial charge in [-0.3, -0.25) is 4.79 Å². The summed E-state index contributed by atoms with van der Waals surface area (Å²) in [6, 6.07) is 8.04. The standard InChI is InChI=1S/C17H17ClN2O3/c1-20(2)8-7-16(22)14-9-13(4-5-15(14)21)23-11-12-3-6-17(18)19-10-12/h3-10,21H,11H2,1-2H3. The van der Waals surface area contributed by atoms with Crippen LogP contribution < -0.4 is 4.74 Å². The van der Waals surface area contributed by atoms with Crippen molar-refractivity contribution in [3.63, 3.8) is 0 Å². The molecule has 0 amide bonds. The molecule has 1 aromatic heterocycles. The van der Waals surface area contributed by atoms with E-state index < -0.39 is 0 Å². The Kier molecular flexibility index (Phi) is 5.60. The predicted molar refractivity (Wildman–Crippen MR) is 88.8 cm³/mol. The number of nitrogens with zero attached hydrogens (tertiary/aromatic N) is 2. The maximum atomic E-state index is 12.1. The third-order valence-electron chi connectivity index (χ3n) is 2.95.